The number of piperidine rings is 1. The first-order valence-electron chi connectivity index (χ1n) is 7.85. The number of rotatable bonds is 3. The van der Waals surface area contributed by atoms with Crippen molar-refractivity contribution in [2.45, 2.75) is 33.6 Å². The lowest BCUT2D eigenvalue weighted by atomic mass is 9.93. The predicted octanol–water partition coefficient (Wildman–Crippen LogP) is 2.10. The van der Waals surface area contributed by atoms with Gasteiger partial charge in [0.15, 0.2) is 0 Å². The molecule has 5 heteroatoms. The third kappa shape index (κ3) is 4.29. The largest absolute Gasteiger partial charge is 0.355 e. The van der Waals surface area contributed by atoms with Crippen molar-refractivity contribution in [1.29, 1.82) is 0 Å². The van der Waals surface area contributed by atoms with Crippen LogP contribution in [0.1, 0.15) is 44.0 Å². The standard InChI is InChI=1S/C17H25N3O2/c1-17(2,3)16(22)19-11-13-6-9-20(10-7-13)15(21)14-5-4-8-18-12-14/h4-5,8,12-13H,6-7,9-11H2,1-3H3,(H,19,22). The third-order valence-corrected chi connectivity index (χ3v) is 4.04. The van der Waals surface area contributed by atoms with Gasteiger partial charge in [0.05, 0.1) is 5.56 Å². The zero-order valence-electron chi connectivity index (χ0n) is 13.6. The molecule has 2 rings (SSSR count). The summed E-state index contributed by atoms with van der Waals surface area (Å²) in [5.41, 5.74) is 0.291. The SMILES string of the molecule is CC(C)(C)C(=O)NCC1CCN(C(=O)c2cccnc2)CC1. The second-order valence-corrected chi connectivity index (χ2v) is 6.94. The second kappa shape index (κ2) is 6.90. The Morgan fingerprint density at radius 2 is 2.00 bits per heavy atom. The number of hydrogen-bond donors (Lipinski definition) is 1. The summed E-state index contributed by atoms with van der Waals surface area (Å²) >= 11 is 0. The zero-order valence-corrected chi connectivity index (χ0v) is 13.6. The molecule has 0 atom stereocenters. The maximum atomic E-state index is 12.3. The molecule has 2 heterocycles. The highest BCUT2D eigenvalue weighted by Gasteiger charge is 2.26. The van der Waals surface area contributed by atoms with Crippen LogP contribution in [0.3, 0.4) is 0 Å². The molecule has 1 aromatic rings. The summed E-state index contributed by atoms with van der Waals surface area (Å²) in [6.07, 6.45) is 5.13. The molecule has 1 aliphatic heterocycles. The topological polar surface area (TPSA) is 62.3 Å². The van der Waals surface area contributed by atoms with Crippen LogP contribution in [-0.2, 0) is 4.79 Å². The Labute approximate surface area is 132 Å². The fourth-order valence-corrected chi connectivity index (χ4v) is 2.51. The maximum Gasteiger partial charge on any atom is 0.255 e. The van der Waals surface area contributed by atoms with Crippen molar-refractivity contribution < 1.29 is 9.59 Å². The second-order valence-electron chi connectivity index (χ2n) is 6.94. The summed E-state index contributed by atoms with van der Waals surface area (Å²) in [5.74, 6) is 0.580. The zero-order chi connectivity index (χ0) is 16.2. The van der Waals surface area contributed by atoms with Gasteiger partial charge < -0.3 is 10.2 Å². The highest BCUT2D eigenvalue weighted by Crippen LogP contribution is 2.19. The molecule has 1 aromatic heterocycles. The van der Waals surface area contributed by atoms with Gasteiger partial charge in [-0.25, -0.2) is 0 Å². The molecular formula is C17H25N3O2. The molecule has 120 valence electrons. The average molecular weight is 303 g/mol. The van der Waals surface area contributed by atoms with Crippen molar-refractivity contribution >= 4 is 11.8 Å². The van der Waals surface area contributed by atoms with E-state index in [0.29, 0.717) is 18.0 Å². The lowest BCUT2D eigenvalue weighted by molar-refractivity contribution is -0.128. The highest BCUT2D eigenvalue weighted by atomic mass is 16.2. The molecule has 5 nitrogen and oxygen atoms in total. The molecule has 1 fully saturated rings. The number of carbonyl (C=O) groups is 2. The molecular weight excluding hydrogens is 278 g/mol. The van der Waals surface area contributed by atoms with Crippen molar-refractivity contribution in [3.63, 3.8) is 0 Å². The van der Waals surface area contributed by atoms with Crippen LogP contribution in [0.2, 0.25) is 0 Å². The smallest absolute Gasteiger partial charge is 0.255 e. The minimum Gasteiger partial charge on any atom is -0.355 e. The average Bonchev–Trinajstić information content (AvgIpc) is 2.52. The number of nitrogens with zero attached hydrogens (tertiary/aromatic N) is 2. The Morgan fingerprint density at radius 3 is 2.55 bits per heavy atom. The lowest BCUT2D eigenvalue weighted by Gasteiger charge is -2.32. The van der Waals surface area contributed by atoms with E-state index in [2.05, 4.69) is 10.3 Å². The maximum absolute atomic E-state index is 12.3. The molecule has 0 spiro atoms. The van der Waals surface area contributed by atoms with Crippen LogP contribution in [0.5, 0.6) is 0 Å². The van der Waals surface area contributed by atoms with E-state index in [4.69, 9.17) is 0 Å². The van der Waals surface area contributed by atoms with E-state index in [1.807, 2.05) is 25.7 Å². The molecule has 0 saturated carbocycles. The first-order valence-corrected chi connectivity index (χ1v) is 7.85. The summed E-state index contributed by atoms with van der Waals surface area (Å²) < 4.78 is 0. The molecule has 0 radical (unpaired) electrons. The van der Waals surface area contributed by atoms with Crippen molar-refractivity contribution in [3.8, 4) is 0 Å². The molecule has 0 bridgehead atoms. The van der Waals surface area contributed by atoms with Gasteiger partial charge in [-0.2, -0.15) is 0 Å². The molecule has 1 N–H and O–H groups in total. The molecule has 0 aliphatic carbocycles. The van der Waals surface area contributed by atoms with Gasteiger partial charge in [-0.15, -0.1) is 0 Å². The van der Waals surface area contributed by atoms with E-state index in [0.717, 1.165) is 25.9 Å². The van der Waals surface area contributed by atoms with E-state index >= 15 is 0 Å². The first kappa shape index (κ1) is 16.5. The Balaban J connectivity index is 1.79. The third-order valence-electron chi connectivity index (χ3n) is 4.04. The number of carbonyl (C=O) groups excluding carboxylic acids is 2. The van der Waals surface area contributed by atoms with Gasteiger partial charge >= 0.3 is 0 Å². The van der Waals surface area contributed by atoms with E-state index in [1.165, 1.54) is 0 Å². The minimum atomic E-state index is -0.350. The lowest BCUT2D eigenvalue weighted by Crippen LogP contribution is -2.43. The summed E-state index contributed by atoms with van der Waals surface area (Å²) in [5, 5.41) is 3.02. The van der Waals surface area contributed by atoms with Gasteiger partial charge in [-0.3, -0.25) is 14.6 Å². The Bertz CT molecular complexity index is 514. The number of nitrogens with one attached hydrogen (secondary N) is 1. The van der Waals surface area contributed by atoms with E-state index in [-0.39, 0.29) is 17.2 Å². The van der Waals surface area contributed by atoms with E-state index in [1.54, 1.807) is 24.5 Å². The number of likely N-dealkylation sites (tertiary alicyclic amines) is 1. The predicted molar refractivity (Wildman–Crippen MR) is 85.3 cm³/mol. The van der Waals surface area contributed by atoms with Gasteiger partial charge in [-0.1, -0.05) is 20.8 Å². The fourth-order valence-electron chi connectivity index (χ4n) is 2.51. The summed E-state index contributed by atoms with van der Waals surface area (Å²) in [7, 11) is 0. The van der Waals surface area contributed by atoms with E-state index < -0.39 is 0 Å². The van der Waals surface area contributed by atoms with Gasteiger partial charge in [0, 0.05) is 37.4 Å². The number of pyridine rings is 1. The van der Waals surface area contributed by atoms with Gasteiger partial charge in [-0.05, 0) is 30.9 Å². The Morgan fingerprint density at radius 1 is 1.32 bits per heavy atom. The summed E-state index contributed by atoms with van der Waals surface area (Å²) in [4.78, 5) is 30.1. The minimum absolute atomic E-state index is 0.0466. The van der Waals surface area contributed by atoms with Crippen LogP contribution in [0.4, 0.5) is 0 Å². The summed E-state index contributed by atoms with van der Waals surface area (Å²) in [6, 6.07) is 3.58. The monoisotopic (exact) mass is 303 g/mol. The van der Waals surface area contributed by atoms with Crippen molar-refractivity contribution in [1.82, 2.24) is 15.2 Å². The fraction of sp³-hybridized carbons (Fsp3) is 0.588. The van der Waals surface area contributed by atoms with Crippen molar-refractivity contribution in [2.75, 3.05) is 19.6 Å². The van der Waals surface area contributed by atoms with Crippen molar-refractivity contribution in [3.05, 3.63) is 30.1 Å². The van der Waals surface area contributed by atoms with Crippen LogP contribution < -0.4 is 5.32 Å². The van der Waals surface area contributed by atoms with Crippen LogP contribution in [-0.4, -0.2) is 41.3 Å². The molecule has 0 aromatic carbocycles. The molecule has 22 heavy (non-hydrogen) atoms. The first-order chi connectivity index (χ1) is 10.4. The van der Waals surface area contributed by atoms with E-state index in [9.17, 15) is 9.59 Å². The van der Waals surface area contributed by atoms with Crippen LogP contribution >= 0.6 is 0 Å². The van der Waals surface area contributed by atoms with Crippen molar-refractivity contribution in [2.24, 2.45) is 11.3 Å². The number of hydrogen-bond acceptors (Lipinski definition) is 3. The van der Waals surface area contributed by atoms with Crippen LogP contribution in [0, 0.1) is 11.3 Å². The Kier molecular flexibility index (Phi) is 5.16. The molecule has 1 saturated heterocycles. The molecule has 0 unspecified atom stereocenters. The van der Waals surface area contributed by atoms with Gasteiger partial charge in [0.25, 0.3) is 5.91 Å². The molecule has 2 amide bonds. The Hall–Kier alpha value is -1.91. The molecule has 1 aliphatic rings. The number of amides is 2. The summed E-state index contributed by atoms with van der Waals surface area (Å²) in [6.45, 7) is 7.92. The number of aromatic nitrogens is 1. The van der Waals surface area contributed by atoms with Crippen LogP contribution in [0.25, 0.3) is 0 Å². The van der Waals surface area contributed by atoms with Gasteiger partial charge in [0.1, 0.15) is 0 Å². The quantitative estimate of drug-likeness (QED) is 0.930. The highest BCUT2D eigenvalue weighted by molar-refractivity contribution is 5.93. The normalized spacial score (nSPS) is 16.4. The van der Waals surface area contributed by atoms with Crippen LogP contribution in [0.15, 0.2) is 24.5 Å². The van der Waals surface area contributed by atoms with Gasteiger partial charge in [0.2, 0.25) is 5.91 Å².